The number of ether oxygens (including phenoxy) is 1. The lowest BCUT2D eigenvalue weighted by Gasteiger charge is -2.11. The Morgan fingerprint density at radius 3 is 2.22 bits per heavy atom. The Morgan fingerprint density at radius 2 is 1.50 bits per heavy atom. The van der Waals surface area contributed by atoms with Crippen LogP contribution in [0.5, 0.6) is 5.75 Å². The molecule has 3 aromatic carbocycles. The zero-order valence-electron chi connectivity index (χ0n) is 17.7. The SMILES string of the molecule is CCOc1ccccc1NC(=O)CSc1ccc(-c2ccc(-c3ccccc3)cc2)nn1. The first-order valence-corrected chi connectivity index (χ1v) is 11.4. The van der Waals surface area contributed by atoms with E-state index in [1.54, 1.807) is 0 Å². The molecular weight excluding hydrogens is 418 g/mol. The summed E-state index contributed by atoms with van der Waals surface area (Å²) >= 11 is 1.34. The minimum absolute atomic E-state index is 0.121. The molecule has 1 amide bonds. The Morgan fingerprint density at radius 1 is 0.812 bits per heavy atom. The van der Waals surface area contributed by atoms with Crippen molar-refractivity contribution < 1.29 is 9.53 Å². The molecule has 1 N–H and O–H groups in total. The van der Waals surface area contributed by atoms with Crippen LogP contribution in [0.2, 0.25) is 0 Å². The molecule has 0 spiro atoms. The zero-order valence-corrected chi connectivity index (χ0v) is 18.5. The van der Waals surface area contributed by atoms with E-state index in [0.29, 0.717) is 23.1 Å². The second-order valence-corrected chi connectivity index (χ2v) is 7.96. The number of hydrogen-bond donors (Lipinski definition) is 1. The molecule has 5 nitrogen and oxygen atoms in total. The van der Waals surface area contributed by atoms with Gasteiger partial charge in [0.2, 0.25) is 5.91 Å². The number of para-hydroxylation sites is 2. The van der Waals surface area contributed by atoms with Crippen molar-refractivity contribution in [1.29, 1.82) is 0 Å². The number of rotatable bonds is 8. The van der Waals surface area contributed by atoms with Crippen LogP contribution >= 0.6 is 11.8 Å². The van der Waals surface area contributed by atoms with E-state index in [4.69, 9.17) is 4.74 Å². The lowest BCUT2D eigenvalue weighted by Crippen LogP contribution is -2.15. The molecular formula is C26H23N3O2S. The van der Waals surface area contributed by atoms with E-state index in [0.717, 1.165) is 16.8 Å². The van der Waals surface area contributed by atoms with Crippen LogP contribution in [-0.2, 0) is 4.79 Å². The first-order chi connectivity index (χ1) is 15.7. The maximum atomic E-state index is 12.3. The van der Waals surface area contributed by atoms with Gasteiger partial charge in [0.05, 0.1) is 23.7 Å². The summed E-state index contributed by atoms with van der Waals surface area (Å²) in [4.78, 5) is 12.3. The topological polar surface area (TPSA) is 64.1 Å². The second-order valence-electron chi connectivity index (χ2n) is 6.97. The van der Waals surface area contributed by atoms with Crippen LogP contribution in [0, 0.1) is 0 Å². The van der Waals surface area contributed by atoms with E-state index in [1.807, 2.05) is 73.7 Å². The first kappa shape index (κ1) is 21.6. The fraction of sp³-hybridized carbons (Fsp3) is 0.115. The number of amides is 1. The van der Waals surface area contributed by atoms with Crippen molar-refractivity contribution in [3.05, 3.63) is 91.0 Å². The fourth-order valence-corrected chi connectivity index (χ4v) is 3.81. The largest absolute Gasteiger partial charge is 0.492 e. The highest BCUT2D eigenvalue weighted by molar-refractivity contribution is 7.99. The monoisotopic (exact) mass is 441 g/mol. The molecule has 0 aliphatic rings. The highest BCUT2D eigenvalue weighted by Gasteiger charge is 2.09. The number of anilines is 1. The van der Waals surface area contributed by atoms with Crippen LogP contribution in [-0.4, -0.2) is 28.5 Å². The van der Waals surface area contributed by atoms with Gasteiger partial charge in [-0.3, -0.25) is 4.79 Å². The van der Waals surface area contributed by atoms with Gasteiger partial charge in [-0.15, -0.1) is 10.2 Å². The number of nitrogens with zero attached hydrogens (tertiary/aromatic N) is 2. The van der Waals surface area contributed by atoms with Crippen LogP contribution in [0.15, 0.2) is 96.0 Å². The Balaban J connectivity index is 1.34. The molecule has 1 aromatic heterocycles. The number of nitrogens with one attached hydrogen (secondary N) is 1. The third-order valence-electron chi connectivity index (χ3n) is 4.74. The Kier molecular flexibility index (Phi) is 7.15. The van der Waals surface area contributed by atoms with Gasteiger partial charge < -0.3 is 10.1 Å². The molecule has 0 atom stereocenters. The van der Waals surface area contributed by atoms with Gasteiger partial charge in [-0.25, -0.2) is 0 Å². The van der Waals surface area contributed by atoms with Crippen LogP contribution < -0.4 is 10.1 Å². The number of hydrogen-bond acceptors (Lipinski definition) is 5. The highest BCUT2D eigenvalue weighted by Crippen LogP contribution is 2.26. The summed E-state index contributed by atoms with van der Waals surface area (Å²) in [6.45, 7) is 2.45. The summed E-state index contributed by atoms with van der Waals surface area (Å²) < 4.78 is 5.54. The summed E-state index contributed by atoms with van der Waals surface area (Å²) in [5.41, 5.74) is 4.80. The fourth-order valence-electron chi connectivity index (χ4n) is 3.19. The summed E-state index contributed by atoms with van der Waals surface area (Å²) in [5, 5.41) is 12.2. The van der Waals surface area contributed by atoms with Crippen molar-refractivity contribution in [2.75, 3.05) is 17.7 Å². The predicted molar refractivity (Wildman–Crippen MR) is 130 cm³/mol. The summed E-state index contributed by atoms with van der Waals surface area (Å²) in [7, 11) is 0. The van der Waals surface area contributed by atoms with Crippen molar-refractivity contribution >= 4 is 23.4 Å². The minimum atomic E-state index is -0.121. The van der Waals surface area contributed by atoms with Gasteiger partial charge >= 0.3 is 0 Å². The smallest absolute Gasteiger partial charge is 0.234 e. The first-order valence-electron chi connectivity index (χ1n) is 10.4. The van der Waals surface area contributed by atoms with Gasteiger partial charge in [-0.2, -0.15) is 0 Å². The lowest BCUT2D eigenvalue weighted by molar-refractivity contribution is -0.113. The van der Waals surface area contributed by atoms with Crippen molar-refractivity contribution in [3.8, 4) is 28.1 Å². The molecule has 0 fully saturated rings. The molecule has 4 aromatic rings. The highest BCUT2D eigenvalue weighted by atomic mass is 32.2. The molecule has 4 rings (SSSR count). The summed E-state index contributed by atoms with van der Waals surface area (Å²) in [5.74, 6) is 0.778. The summed E-state index contributed by atoms with van der Waals surface area (Å²) in [6.07, 6.45) is 0. The molecule has 32 heavy (non-hydrogen) atoms. The lowest BCUT2D eigenvalue weighted by atomic mass is 10.0. The number of carbonyl (C=O) groups is 1. The Bertz CT molecular complexity index is 1160. The normalized spacial score (nSPS) is 10.5. The molecule has 0 saturated heterocycles. The van der Waals surface area contributed by atoms with Gasteiger partial charge in [0.25, 0.3) is 0 Å². The maximum Gasteiger partial charge on any atom is 0.234 e. The van der Waals surface area contributed by atoms with Gasteiger partial charge in [-0.1, -0.05) is 78.5 Å². The zero-order chi connectivity index (χ0) is 22.2. The Labute approximate surface area is 191 Å². The average molecular weight is 442 g/mol. The van der Waals surface area contributed by atoms with Crippen molar-refractivity contribution in [2.45, 2.75) is 11.9 Å². The third-order valence-corrected chi connectivity index (χ3v) is 5.66. The maximum absolute atomic E-state index is 12.3. The van der Waals surface area contributed by atoms with E-state index in [1.165, 1.54) is 17.3 Å². The molecule has 160 valence electrons. The molecule has 0 aliphatic heterocycles. The number of benzene rings is 3. The van der Waals surface area contributed by atoms with Crippen molar-refractivity contribution in [3.63, 3.8) is 0 Å². The van der Waals surface area contributed by atoms with E-state index < -0.39 is 0 Å². The van der Waals surface area contributed by atoms with Gasteiger partial charge in [-0.05, 0) is 42.3 Å². The van der Waals surface area contributed by atoms with Gasteiger partial charge in [0.1, 0.15) is 10.8 Å². The van der Waals surface area contributed by atoms with E-state index in [9.17, 15) is 4.79 Å². The van der Waals surface area contributed by atoms with Crippen molar-refractivity contribution in [2.24, 2.45) is 0 Å². The number of carbonyl (C=O) groups excluding carboxylic acids is 1. The van der Waals surface area contributed by atoms with Crippen LogP contribution in [0.3, 0.4) is 0 Å². The number of aromatic nitrogens is 2. The second kappa shape index (κ2) is 10.6. The summed E-state index contributed by atoms with van der Waals surface area (Å²) in [6, 6.07) is 29.7. The van der Waals surface area contributed by atoms with Crippen LogP contribution in [0.25, 0.3) is 22.4 Å². The molecule has 0 saturated carbocycles. The third kappa shape index (κ3) is 5.53. The van der Waals surface area contributed by atoms with E-state index in [2.05, 4.69) is 39.8 Å². The standard InChI is InChI=1S/C26H23N3O2S/c1-2-31-24-11-7-6-10-23(24)27-25(30)18-32-26-17-16-22(28-29-26)21-14-12-20(13-15-21)19-8-4-3-5-9-19/h3-17H,2,18H2,1H3,(H,27,30). The van der Waals surface area contributed by atoms with Crippen LogP contribution in [0.1, 0.15) is 6.92 Å². The van der Waals surface area contributed by atoms with E-state index >= 15 is 0 Å². The number of thioether (sulfide) groups is 1. The molecule has 0 aliphatic carbocycles. The van der Waals surface area contributed by atoms with E-state index in [-0.39, 0.29) is 11.7 Å². The molecule has 1 heterocycles. The Hall–Kier alpha value is -3.64. The molecule has 0 bridgehead atoms. The molecule has 0 radical (unpaired) electrons. The van der Waals surface area contributed by atoms with Gasteiger partial charge in [0, 0.05) is 5.56 Å². The minimum Gasteiger partial charge on any atom is -0.492 e. The van der Waals surface area contributed by atoms with Gasteiger partial charge in [0.15, 0.2) is 0 Å². The quantitative estimate of drug-likeness (QED) is 0.343. The average Bonchev–Trinajstić information content (AvgIpc) is 2.85. The predicted octanol–water partition coefficient (Wildman–Crippen LogP) is 5.94. The molecule has 6 heteroatoms. The molecule has 0 unspecified atom stereocenters. The van der Waals surface area contributed by atoms with Crippen molar-refractivity contribution in [1.82, 2.24) is 10.2 Å². The van der Waals surface area contributed by atoms with Crippen LogP contribution in [0.4, 0.5) is 5.69 Å².